The van der Waals surface area contributed by atoms with Gasteiger partial charge in [0.2, 0.25) is 5.95 Å². The van der Waals surface area contributed by atoms with Gasteiger partial charge < -0.3 is 5.73 Å². The van der Waals surface area contributed by atoms with E-state index in [4.69, 9.17) is 5.73 Å². The first kappa shape index (κ1) is 11.3. The summed E-state index contributed by atoms with van der Waals surface area (Å²) in [7, 11) is 0. The van der Waals surface area contributed by atoms with E-state index in [-0.39, 0.29) is 11.5 Å². The first-order chi connectivity index (χ1) is 7.99. The Morgan fingerprint density at radius 2 is 1.53 bits per heavy atom. The fourth-order valence-electron chi connectivity index (χ4n) is 1.28. The molecular weight excluding hydrogens is 238 g/mol. The summed E-state index contributed by atoms with van der Waals surface area (Å²) in [5.41, 5.74) is 4.57. The van der Waals surface area contributed by atoms with Crippen LogP contribution < -0.4 is 5.73 Å². The Morgan fingerprint density at radius 1 is 0.941 bits per heavy atom. The van der Waals surface area contributed by atoms with Crippen molar-refractivity contribution in [3.8, 4) is 11.3 Å². The first-order valence-electron chi connectivity index (χ1n) is 4.42. The van der Waals surface area contributed by atoms with Crippen LogP contribution in [0.1, 0.15) is 0 Å². The van der Waals surface area contributed by atoms with Crippen molar-refractivity contribution in [2.75, 3.05) is 5.73 Å². The van der Waals surface area contributed by atoms with Crippen molar-refractivity contribution >= 4 is 5.95 Å². The van der Waals surface area contributed by atoms with Crippen LogP contribution in [-0.2, 0) is 0 Å². The zero-order chi connectivity index (χ0) is 12.6. The van der Waals surface area contributed by atoms with Gasteiger partial charge in [0.15, 0.2) is 23.3 Å². The monoisotopic (exact) mass is 243 g/mol. The number of benzene rings is 1. The molecule has 0 saturated heterocycles. The van der Waals surface area contributed by atoms with Gasteiger partial charge in [-0.25, -0.2) is 27.5 Å². The summed E-state index contributed by atoms with van der Waals surface area (Å²) in [6.45, 7) is 0. The van der Waals surface area contributed by atoms with Gasteiger partial charge in [0.05, 0.1) is 6.20 Å². The number of hydrogen-bond acceptors (Lipinski definition) is 3. The summed E-state index contributed by atoms with van der Waals surface area (Å²) in [6.07, 6.45) is 0.761. The summed E-state index contributed by atoms with van der Waals surface area (Å²) in [4.78, 5) is 6.85. The van der Waals surface area contributed by atoms with E-state index in [1.807, 2.05) is 0 Å². The van der Waals surface area contributed by atoms with E-state index in [1.165, 1.54) is 0 Å². The molecule has 0 aliphatic rings. The molecule has 0 fully saturated rings. The second-order valence-corrected chi connectivity index (χ2v) is 3.18. The highest BCUT2D eigenvalue weighted by Crippen LogP contribution is 2.24. The van der Waals surface area contributed by atoms with Crippen molar-refractivity contribution in [3.05, 3.63) is 41.6 Å². The van der Waals surface area contributed by atoms with Crippen molar-refractivity contribution < 1.29 is 17.6 Å². The van der Waals surface area contributed by atoms with Crippen LogP contribution in [0, 0.1) is 23.3 Å². The van der Waals surface area contributed by atoms with Crippen LogP contribution in [0.2, 0.25) is 0 Å². The van der Waals surface area contributed by atoms with Gasteiger partial charge in [-0.05, 0) is 12.1 Å². The molecule has 17 heavy (non-hydrogen) atoms. The molecular formula is C10H5F4N3. The minimum atomic E-state index is -1.63. The predicted molar refractivity (Wildman–Crippen MR) is 51.7 cm³/mol. The fourth-order valence-corrected chi connectivity index (χ4v) is 1.28. The first-order valence-corrected chi connectivity index (χ1v) is 4.42. The minimum absolute atomic E-state index is 0.256. The third-order valence-corrected chi connectivity index (χ3v) is 2.02. The lowest BCUT2D eigenvalue weighted by Gasteiger charge is -2.04. The van der Waals surface area contributed by atoms with Gasteiger partial charge in [0, 0.05) is 5.56 Å². The third-order valence-electron chi connectivity index (χ3n) is 2.02. The van der Waals surface area contributed by atoms with Crippen molar-refractivity contribution in [1.29, 1.82) is 0 Å². The van der Waals surface area contributed by atoms with Gasteiger partial charge >= 0.3 is 0 Å². The lowest BCUT2D eigenvalue weighted by molar-refractivity contribution is 0.447. The molecule has 0 atom stereocenters. The number of nitrogen functional groups attached to an aromatic ring is 1. The van der Waals surface area contributed by atoms with E-state index in [0.29, 0.717) is 12.1 Å². The Morgan fingerprint density at radius 3 is 2.12 bits per heavy atom. The Hall–Kier alpha value is -2.18. The molecule has 1 heterocycles. The summed E-state index contributed by atoms with van der Waals surface area (Å²) >= 11 is 0. The summed E-state index contributed by atoms with van der Waals surface area (Å²) in [6, 6.07) is 1.26. The van der Waals surface area contributed by atoms with Crippen molar-refractivity contribution in [2.45, 2.75) is 0 Å². The molecule has 2 rings (SSSR count). The number of anilines is 1. The number of hydrogen-bond donors (Lipinski definition) is 1. The summed E-state index contributed by atoms with van der Waals surface area (Å²) < 4.78 is 51.9. The van der Waals surface area contributed by atoms with Crippen molar-refractivity contribution in [2.24, 2.45) is 0 Å². The molecule has 88 valence electrons. The van der Waals surface area contributed by atoms with Crippen LogP contribution in [0.25, 0.3) is 11.3 Å². The maximum atomic E-state index is 13.3. The quantitative estimate of drug-likeness (QED) is 0.617. The normalized spacial score (nSPS) is 10.6. The van der Waals surface area contributed by atoms with Crippen LogP contribution in [-0.4, -0.2) is 9.97 Å². The summed E-state index contributed by atoms with van der Waals surface area (Å²) in [5, 5.41) is 0. The van der Waals surface area contributed by atoms with E-state index in [2.05, 4.69) is 9.97 Å². The standard InChI is InChI=1S/C10H5F4N3/c11-5-1-4(2-6(12)8(5)14)9-7(13)3-16-10(15)17-9/h1-3H,(H2,15,16,17). The van der Waals surface area contributed by atoms with Crippen molar-refractivity contribution in [1.82, 2.24) is 9.97 Å². The van der Waals surface area contributed by atoms with Crippen LogP contribution in [0.3, 0.4) is 0 Å². The number of nitrogens with two attached hydrogens (primary N) is 1. The smallest absolute Gasteiger partial charge is 0.220 e. The third kappa shape index (κ3) is 2.03. The maximum Gasteiger partial charge on any atom is 0.220 e. The van der Waals surface area contributed by atoms with Crippen LogP contribution >= 0.6 is 0 Å². The second-order valence-electron chi connectivity index (χ2n) is 3.18. The molecule has 0 spiro atoms. The Balaban J connectivity index is 2.64. The molecule has 0 saturated carbocycles. The van der Waals surface area contributed by atoms with Crippen molar-refractivity contribution in [3.63, 3.8) is 0 Å². The van der Waals surface area contributed by atoms with Crippen LogP contribution in [0.4, 0.5) is 23.5 Å². The molecule has 0 unspecified atom stereocenters. The Labute approximate surface area is 92.9 Å². The fraction of sp³-hybridized carbons (Fsp3) is 0. The second kappa shape index (κ2) is 4.00. The number of halogens is 4. The molecule has 1 aromatic heterocycles. The van der Waals surface area contributed by atoms with E-state index >= 15 is 0 Å². The highest BCUT2D eigenvalue weighted by atomic mass is 19.2. The highest BCUT2D eigenvalue weighted by Gasteiger charge is 2.15. The van der Waals surface area contributed by atoms with E-state index in [9.17, 15) is 17.6 Å². The average Bonchev–Trinajstić information content (AvgIpc) is 2.28. The topological polar surface area (TPSA) is 51.8 Å². The molecule has 0 bridgehead atoms. The van der Waals surface area contributed by atoms with Gasteiger partial charge in [0.1, 0.15) is 5.69 Å². The van der Waals surface area contributed by atoms with Gasteiger partial charge in [-0.15, -0.1) is 0 Å². The Kier molecular flexibility index (Phi) is 2.66. The lowest BCUT2D eigenvalue weighted by atomic mass is 10.1. The molecule has 0 radical (unpaired) electrons. The molecule has 3 nitrogen and oxygen atoms in total. The van der Waals surface area contributed by atoms with E-state index < -0.39 is 29.0 Å². The molecule has 0 aliphatic carbocycles. The lowest BCUT2D eigenvalue weighted by Crippen LogP contribution is -2.00. The largest absolute Gasteiger partial charge is 0.368 e. The molecule has 0 amide bonds. The van der Waals surface area contributed by atoms with Gasteiger partial charge in [-0.3, -0.25) is 0 Å². The van der Waals surface area contributed by atoms with Gasteiger partial charge in [-0.2, -0.15) is 0 Å². The molecule has 2 N–H and O–H groups in total. The van der Waals surface area contributed by atoms with Crippen LogP contribution in [0.5, 0.6) is 0 Å². The molecule has 0 aliphatic heterocycles. The number of rotatable bonds is 1. The number of nitrogens with zero attached hydrogens (tertiary/aromatic N) is 2. The average molecular weight is 243 g/mol. The highest BCUT2D eigenvalue weighted by molar-refractivity contribution is 5.60. The zero-order valence-corrected chi connectivity index (χ0v) is 8.22. The zero-order valence-electron chi connectivity index (χ0n) is 8.22. The predicted octanol–water partition coefficient (Wildman–Crippen LogP) is 2.28. The summed E-state index contributed by atoms with van der Waals surface area (Å²) in [5.74, 6) is -5.67. The van der Waals surface area contributed by atoms with Gasteiger partial charge in [-0.1, -0.05) is 0 Å². The Bertz CT molecular complexity index is 563. The molecule has 2 aromatic rings. The van der Waals surface area contributed by atoms with E-state index in [0.717, 1.165) is 6.20 Å². The maximum absolute atomic E-state index is 13.3. The van der Waals surface area contributed by atoms with Crippen LogP contribution in [0.15, 0.2) is 18.3 Å². The molecule has 1 aromatic carbocycles. The van der Waals surface area contributed by atoms with Gasteiger partial charge in [0.25, 0.3) is 0 Å². The SMILES string of the molecule is Nc1ncc(F)c(-c2cc(F)c(F)c(F)c2)n1. The molecule has 7 heteroatoms. The minimum Gasteiger partial charge on any atom is -0.368 e. The number of aromatic nitrogens is 2. The van der Waals surface area contributed by atoms with E-state index in [1.54, 1.807) is 0 Å².